The van der Waals surface area contributed by atoms with Crippen LogP contribution in [0.5, 0.6) is 0 Å². The van der Waals surface area contributed by atoms with E-state index in [4.69, 9.17) is 27.9 Å². The molecule has 1 atom stereocenters. The van der Waals surface area contributed by atoms with Gasteiger partial charge in [0.25, 0.3) is 5.91 Å². The van der Waals surface area contributed by atoms with Crippen LogP contribution in [0.4, 0.5) is 11.4 Å². The van der Waals surface area contributed by atoms with E-state index in [1.165, 1.54) is 23.9 Å². The molecule has 27 heavy (non-hydrogen) atoms. The number of carbonyl (C=O) groups excluding carboxylic acids is 3. The predicted octanol–water partition coefficient (Wildman–Crippen LogP) is 4.22. The Morgan fingerprint density at radius 3 is 2.70 bits per heavy atom. The number of benzene rings is 2. The molecule has 0 fully saturated rings. The lowest BCUT2D eigenvalue weighted by molar-refractivity contribution is -0.119. The summed E-state index contributed by atoms with van der Waals surface area (Å²) in [5, 5.41) is 5.78. The number of anilines is 2. The number of ether oxygens (including phenoxy) is 1. The Bertz CT molecular complexity index is 936. The van der Waals surface area contributed by atoms with Crippen molar-refractivity contribution in [2.75, 3.05) is 17.2 Å². The highest BCUT2D eigenvalue weighted by atomic mass is 35.5. The Morgan fingerprint density at radius 1 is 1.19 bits per heavy atom. The van der Waals surface area contributed by atoms with E-state index in [0.29, 0.717) is 21.4 Å². The summed E-state index contributed by atoms with van der Waals surface area (Å²) in [5.41, 5.74) is 1.23. The third-order valence-electron chi connectivity index (χ3n) is 3.68. The van der Waals surface area contributed by atoms with Gasteiger partial charge in [0.2, 0.25) is 5.91 Å². The van der Waals surface area contributed by atoms with Crippen LogP contribution in [0.15, 0.2) is 41.3 Å². The number of hydrogen-bond acceptors (Lipinski definition) is 5. The van der Waals surface area contributed by atoms with E-state index in [1.807, 2.05) is 0 Å². The van der Waals surface area contributed by atoms with Gasteiger partial charge in [-0.25, -0.2) is 4.79 Å². The lowest BCUT2D eigenvalue weighted by Crippen LogP contribution is -2.26. The minimum atomic E-state index is -0.667. The van der Waals surface area contributed by atoms with Crippen molar-refractivity contribution < 1.29 is 19.1 Å². The smallest absolute Gasteiger partial charge is 0.338 e. The number of halogens is 2. The van der Waals surface area contributed by atoms with Crippen LogP contribution < -0.4 is 10.6 Å². The van der Waals surface area contributed by atoms with Crippen molar-refractivity contribution in [3.8, 4) is 0 Å². The number of esters is 1. The molecule has 1 unspecified atom stereocenters. The molecule has 0 radical (unpaired) electrons. The molecule has 2 N–H and O–H groups in total. The first kappa shape index (κ1) is 19.5. The van der Waals surface area contributed by atoms with Gasteiger partial charge < -0.3 is 15.4 Å². The zero-order valence-electron chi connectivity index (χ0n) is 14.0. The number of carbonyl (C=O) groups is 3. The topological polar surface area (TPSA) is 84.5 Å². The quantitative estimate of drug-likeness (QED) is 0.717. The third-order valence-corrected chi connectivity index (χ3v) is 5.60. The number of fused-ring (bicyclic) bond motifs is 1. The van der Waals surface area contributed by atoms with Gasteiger partial charge in [-0.1, -0.05) is 23.2 Å². The zero-order chi connectivity index (χ0) is 19.6. The van der Waals surface area contributed by atoms with Gasteiger partial charge in [0, 0.05) is 10.6 Å². The first-order valence-electron chi connectivity index (χ1n) is 7.87. The summed E-state index contributed by atoms with van der Waals surface area (Å²) < 4.78 is 5.03. The van der Waals surface area contributed by atoms with Crippen molar-refractivity contribution in [2.45, 2.75) is 17.1 Å². The van der Waals surface area contributed by atoms with Crippen molar-refractivity contribution in [2.24, 2.45) is 0 Å². The van der Waals surface area contributed by atoms with Crippen LogP contribution in [0.2, 0.25) is 10.0 Å². The fourth-order valence-corrected chi connectivity index (χ4v) is 3.55. The predicted molar refractivity (Wildman–Crippen MR) is 106 cm³/mol. The number of rotatable bonds is 4. The van der Waals surface area contributed by atoms with Crippen LogP contribution in [0.3, 0.4) is 0 Å². The summed E-state index contributed by atoms with van der Waals surface area (Å²) in [6.45, 7) is 1.34. The van der Waals surface area contributed by atoms with E-state index < -0.39 is 18.5 Å². The minimum absolute atomic E-state index is 0.126. The molecule has 1 aliphatic rings. The van der Waals surface area contributed by atoms with Crippen molar-refractivity contribution in [1.82, 2.24) is 0 Å². The number of hydrogen-bond donors (Lipinski definition) is 2. The van der Waals surface area contributed by atoms with Gasteiger partial charge in [-0.15, -0.1) is 11.8 Å². The third kappa shape index (κ3) is 4.74. The molecule has 0 spiro atoms. The maximum absolute atomic E-state index is 12.2. The number of amides is 2. The average Bonchev–Trinajstić information content (AvgIpc) is 2.63. The lowest BCUT2D eigenvalue weighted by atomic mass is 10.2. The van der Waals surface area contributed by atoms with Gasteiger partial charge in [-0.2, -0.15) is 0 Å². The largest absolute Gasteiger partial charge is 0.452 e. The van der Waals surface area contributed by atoms with Crippen LogP contribution in [0.1, 0.15) is 17.3 Å². The molecule has 3 rings (SSSR count). The summed E-state index contributed by atoms with van der Waals surface area (Å²) in [6, 6.07) is 9.49. The highest BCUT2D eigenvalue weighted by Crippen LogP contribution is 2.36. The van der Waals surface area contributed by atoms with Gasteiger partial charge in [0.05, 0.1) is 26.5 Å². The van der Waals surface area contributed by atoms with E-state index >= 15 is 0 Å². The summed E-state index contributed by atoms with van der Waals surface area (Å²) in [7, 11) is 0. The van der Waals surface area contributed by atoms with Crippen molar-refractivity contribution in [3.05, 3.63) is 52.0 Å². The first-order valence-corrected chi connectivity index (χ1v) is 9.50. The van der Waals surface area contributed by atoms with Crippen molar-refractivity contribution in [3.63, 3.8) is 0 Å². The fourth-order valence-electron chi connectivity index (χ4n) is 2.32. The first-order chi connectivity index (χ1) is 12.8. The molecule has 0 bridgehead atoms. The molecule has 140 valence electrons. The second kappa shape index (κ2) is 8.21. The van der Waals surface area contributed by atoms with Crippen LogP contribution in [0.25, 0.3) is 0 Å². The maximum Gasteiger partial charge on any atom is 0.338 e. The van der Waals surface area contributed by atoms with Crippen molar-refractivity contribution in [1.29, 1.82) is 0 Å². The molecule has 1 aliphatic heterocycles. The molecular formula is C18H14Cl2N2O4S. The monoisotopic (exact) mass is 424 g/mol. The molecule has 9 heteroatoms. The number of thioether (sulfide) groups is 1. The van der Waals surface area contributed by atoms with E-state index in [-0.39, 0.29) is 16.7 Å². The zero-order valence-corrected chi connectivity index (χ0v) is 16.4. The molecular weight excluding hydrogens is 411 g/mol. The molecule has 2 aromatic carbocycles. The van der Waals surface area contributed by atoms with Crippen molar-refractivity contribution >= 4 is 64.1 Å². The SMILES string of the molecule is CC1Sc2ccc(C(=O)OCC(=O)Nc3ccc(Cl)c(Cl)c3)cc2NC1=O. The van der Waals surface area contributed by atoms with E-state index in [0.717, 1.165) is 4.90 Å². The Labute approximate surface area is 169 Å². The molecule has 0 aliphatic carbocycles. The maximum atomic E-state index is 12.2. The van der Waals surface area contributed by atoms with E-state index in [9.17, 15) is 14.4 Å². The standard InChI is InChI=1S/C18H14Cl2N2O4S/c1-9-17(24)22-14-6-10(2-5-15(14)27-9)18(25)26-8-16(23)21-11-3-4-12(19)13(20)7-11/h2-7,9H,8H2,1H3,(H,21,23)(H,22,24). The lowest BCUT2D eigenvalue weighted by Gasteiger charge is -2.21. The highest BCUT2D eigenvalue weighted by molar-refractivity contribution is 8.00. The van der Waals surface area contributed by atoms with Crippen LogP contribution in [-0.2, 0) is 14.3 Å². The summed E-state index contributed by atoms with van der Waals surface area (Å²) in [4.78, 5) is 36.7. The Morgan fingerprint density at radius 2 is 1.96 bits per heavy atom. The van der Waals surface area contributed by atoms with Gasteiger partial charge in [0.1, 0.15) is 0 Å². The molecule has 2 amide bonds. The summed E-state index contributed by atoms with van der Waals surface area (Å²) in [5.74, 6) is -1.31. The van der Waals surface area contributed by atoms with Gasteiger partial charge in [-0.05, 0) is 43.3 Å². The Kier molecular flexibility index (Phi) is 5.94. The normalized spacial score (nSPS) is 15.5. The van der Waals surface area contributed by atoms with Gasteiger partial charge in [-0.3, -0.25) is 9.59 Å². The fraction of sp³-hybridized carbons (Fsp3) is 0.167. The Balaban J connectivity index is 1.59. The Hall–Kier alpha value is -2.22. The van der Waals surface area contributed by atoms with Crippen LogP contribution in [0, 0.1) is 0 Å². The number of nitrogens with one attached hydrogen (secondary N) is 2. The van der Waals surface area contributed by atoms with E-state index in [1.54, 1.807) is 31.2 Å². The molecule has 0 saturated carbocycles. The van der Waals surface area contributed by atoms with Crippen LogP contribution >= 0.6 is 35.0 Å². The second-order valence-corrected chi connectivity index (χ2v) is 7.91. The molecule has 1 heterocycles. The summed E-state index contributed by atoms with van der Waals surface area (Å²) >= 11 is 13.1. The average molecular weight is 425 g/mol. The second-order valence-electron chi connectivity index (χ2n) is 5.71. The van der Waals surface area contributed by atoms with Crippen LogP contribution in [-0.4, -0.2) is 29.6 Å². The van der Waals surface area contributed by atoms with E-state index in [2.05, 4.69) is 10.6 Å². The van der Waals surface area contributed by atoms with Gasteiger partial charge >= 0.3 is 5.97 Å². The molecule has 2 aromatic rings. The molecule has 6 nitrogen and oxygen atoms in total. The molecule has 0 aromatic heterocycles. The molecule has 0 saturated heterocycles. The summed E-state index contributed by atoms with van der Waals surface area (Å²) in [6.07, 6.45) is 0. The minimum Gasteiger partial charge on any atom is -0.452 e. The highest BCUT2D eigenvalue weighted by Gasteiger charge is 2.24. The van der Waals surface area contributed by atoms with Gasteiger partial charge in [0.15, 0.2) is 6.61 Å².